The molecule has 0 aromatic carbocycles. The molecule has 35 heavy (non-hydrogen) atoms. The number of nitrogens with one attached hydrogen (secondary N) is 1. The molecular weight excluding hydrogens is 438 g/mol. The summed E-state index contributed by atoms with van der Waals surface area (Å²) < 4.78 is 2.26. The number of rotatable bonds is 4. The zero-order valence-corrected chi connectivity index (χ0v) is 20.8. The van der Waals surface area contributed by atoms with Crippen LogP contribution in [-0.4, -0.2) is 62.4 Å². The molecule has 3 aromatic heterocycles. The minimum atomic E-state index is 0.0222. The van der Waals surface area contributed by atoms with Crippen LogP contribution in [0.5, 0.6) is 0 Å². The molecular formula is C27H35N7O. The first-order valence-electron chi connectivity index (χ1n) is 13.2. The summed E-state index contributed by atoms with van der Waals surface area (Å²) in [6.07, 6.45) is 11.3. The van der Waals surface area contributed by atoms with Crippen molar-refractivity contribution in [1.82, 2.24) is 24.4 Å². The van der Waals surface area contributed by atoms with Gasteiger partial charge in [-0.2, -0.15) is 4.98 Å². The van der Waals surface area contributed by atoms with Gasteiger partial charge in [-0.25, -0.2) is 9.97 Å². The van der Waals surface area contributed by atoms with E-state index in [0.717, 1.165) is 73.7 Å². The predicted octanol–water partition coefficient (Wildman–Crippen LogP) is 4.74. The van der Waals surface area contributed by atoms with E-state index >= 15 is 0 Å². The van der Waals surface area contributed by atoms with Gasteiger partial charge in [0.05, 0.1) is 17.6 Å². The van der Waals surface area contributed by atoms with Gasteiger partial charge in [0.15, 0.2) is 5.78 Å². The van der Waals surface area contributed by atoms with Gasteiger partial charge in [0.25, 0.3) is 0 Å². The highest BCUT2D eigenvalue weighted by atomic mass is 16.1. The standard InChI is InChI=1S/C27H35N7O/c1-19(2)32-12-14-33(15-13-32)21-6-7-24(28-18-21)30-26-29-17-20-16-22-23(35)8-11-27(9-4-3-5-10-27)34(22)25(20)31-26/h6-7,16-19H,3-5,8-15H2,1-2H3,(H,28,29,30,31). The molecule has 0 amide bonds. The molecule has 0 atom stereocenters. The van der Waals surface area contributed by atoms with E-state index in [1.54, 1.807) is 0 Å². The fourth-order valence-corrected chi connectivity index (χ4v) is 6.26. The Balaban J connectivity index is 1.24. The number of hydrogen-bond donors (Lipinski definition) is 1. The molecule has 5 heterocycles. The molecule has 0 bridgehead atoms. The van der Waals surface area contributed by atoms with Crippen LogP contribution in [0.2, 0.25) is 0 Å². The lowest BCUT2D eigenvalue weighted by atomic mass is 9.75. The Morgan fingerprint density at radius 1 is 0.971 bits per heavy atom. The van der Waals surface area contributed by atoms with Crippen LogP contribution in [0.25, 0.3) is 11.0 Å². The van der Waals surface area contributed by atoms with Gasteiger partial charge < -0.3 is 14.8 Å². The predicted molar refractivity (Wildman–Crippen MR) is 139 cm³/mol. The zero-order valence-electron chi connectivity index (χ0n) is 20.8. The quantitative estimate of drug-likeness (QED) is 0.586. The van der Waals surface area contributed by atoms with Gasteiger partial charge in [0, 0.05) is 55.8 Å². The molecule has 2 fully saturated rings. The number of fused-ring (bicyclic) bond motifs is 4. The Hall–Kier alpha value is -3.00. The van der Waals surface area contributed by atoms with Gasteiger partial charge in [0.1, 0.15) is 11.5 Å². The number of Topliss-reactive ketones (excluding diaryl/α,β-unsaturated/α-hetero) is 1. The summed E-state index contributed by atoms with van der Waals surface area (Å²) in [6.45, 7) is 8.72. The number of carbonyl (C=O) groups is 1. The topological polar surface area (TPSA) is 79.2 Å². The van der Waals surface area contributed by atoms with E-state index in [2.05, 4.69) is 49.6 Å². The third-order valence-corrected chi connectivity index (χ3v) is 8.30. The number of ketones is 1. The van der Waals surface area contributed by atoms with Crippen molar-refractivity contribution in [3.8, 4) is 0 Å². The normalized spacial score (nSPS) is 20.5. The van der Waals surface area contributed by atoms with E-state index in [1.807, 2.05) is 24.5 Å². The molecule has 0 unspecified atom stereocenters. The highest BCUT2D eigenvalue weighted by Crippen LogP contribution is 2.45. The molecule has 3 aliphatic rings. The molecule has 2 aliphatic heterocycles. The van der Waals surface area contributed by atoms with Crippen molar-refractivity contribution in [1.29, 1.82) is 0 Å². The molecule has 184 valence electrons. The molecule has 1 spiro atoms. The fourth-order valence-electron chi connectivity index (χ4n) is 6.26. The van der Waals surface area contributed by atoms with Gasteiger partial charge in [-0.05, 0) is 51.3 Å². The van der Waals surface area contributed by atoms with Crippen molar-refractivity contribution in [3.63, 3.8) is 0 Å². The summed E-state index contributed by atoms with van der Waals surface area (Å²) >= 11 is 0. The first-order chi connectivity index (χ1) is 17.0. The highest BCUT2D eigenvalue weighted by molar-refractivity contribution is 6.00. The largest absolute Gasteiger partial charge is 0.368 e. The number of piperazine rings is 1. The van der Waals surface area contributed by atoms with Crippen LogP contribution in [-0.2, 0) is 5.54 Å². The molecule has 1 saturated heterocycles. The van der Waals surface area contributed by atoms with E-state index in [-0.39, 0.29) is 11.3 Å². The second-order valence-corrected chi connectivity index (χ2v) is 10.7. The fraction of sp³-hybridized carbons (Fsp3) is 0.556. The van der Waals surface area contributed by atoms with Crippen LogP contribution < -0.4 is 10.2 Å². The highest BCUT2D eigenvalue weighted by Gasteiger charge is 2.41. The van der Waals surface area contributed by atoms with Gasteiger partial charge in [-0.15, -0.1) is 0 Å². The minimum absolute atomic E-state index is 0.0222. The number of aromatic nitrogens is 4. The van der Waals surface area contributed by atoms with Crippen LogP contribution in [0.1, 0.15) is 69.3 Å². The SMILES string of the molecule is CC(C)N1CCN(c2ccc(Nc3ncc4cc5n(c4n3)C3(CCCCC3)CCC5=O)nc2)CC1. The summed E-state index contributed by atoms with van der Waals surface area (Å²) in [6, 6.07) is 6.70. The van der Waals surface area contributed by atoms with Gasteiger partial charge in [-0.3, -0.25) is 9.69 Å². The van der Waals surface area contributed by atoms with Crippen molar-refractivity contribution < 1.29 is 4.79 Å². The smallest absolute Gasteiger partial charge is 0.230 e. The summed E-state index contributed by atoms with van der Waals surface area (Å²) in [5.41, 5.74) is 2.84. The van der Waals surface area contributed by atoms with Crippen LogP contribution in [0, 0.1) is 0 Å². The Kier molecular flexibility index (Phi) is 5.71. The molecule has 1 N–H and O–H groups in total. The molecule has 0 radical (unpaired) electrons. The summed E-state index contributed by atoms with van der Waals surface area (Å²) in [5.74, 6) is 1.47. The number of carbonyl (C=O) groups excluding carboxylic acids is 1. The third kappa shape index (κ3) is 4.07. The number of nitrogens with zero attached hydrogens (tertiary/aromatic N) is 6. The van der Waals surface area contributed by atoms with E-state index in [1.165, 1.54) is 19.3 Å². The molecule has 6 rings (SSSR count). The lowest BCUT2D eigenvalue weighted by Crippen LogP contribution is -2.48. The van der Waals surface area contributed by atoms with Crippen molar-refractivity contribution >= 4 is 34.3 Å². The Labute approximate surface area is 206 Å². The zero-order chi connectivity index (χ0) is 24.0. The molecule has 8 nitrogen and oxygen atoms in total. The first kappa shape index (κ1) is 22.5. The number of hydrogen-bond acceptors (Lipinski definition) is 7. The van der Waals surface area contributed by atoms with Gasteiger partial charge in [-0.1, -0.05) is 19.3 Å². The molecule has 8 heteroatoms. The van der Waals surface area contributed by atoms with Crippen molar-refractivity contribution in [2.75, 3.05) is 36.4 Å². The van der Waals surface area contributed by atoms with Gasteiger partial charge in [0.2, 0.25) is 5.95 Å². The second kappa shape index (κ2) is 8.90. The summed E-state index contributed by atoms with van der Waals surface area (Å²) in [5, 5.41) is 4.23. The minimum Gasteiger partial charge on any atom is -0.368 e. The van der Waals surface area contributed by atoms with Crippen LogP contribution in [0.15, 0.2) is 30.6 Å². The van der Waals surface area contributed by atoms with Crippen molar-refractivity contribution in [3.05, 3.63) is 36.3 Å². The monoisotopic (exact) mass is 473 g/mol. The molecule has 3 aromatic rings. The van der Waals surface area contributed by atoms with E-state index in [4.69, 9.17) is 4.98 Å². The van der Waals surface area contributed by atoms with E-state index in [0.29, 0.717) is 18.4 Å². The first-order valence-corrected chi connectivity index (χ1v) is 13.2. The average Bonchev–Trinajstić information content (AvgIpc) is 3.28. The van der Waals surface area contributed by atoms with Gasteiger partial charge >= 0.3 is 0 Å². The van der Waals surface area contributed by atoms with Crippen molar-refractivity contribution in [2.45, 2.75) is 70.4 Å². The number of anilines is 3. The molecule has 1 aliphatic carbocycles. The Bertz CT molecular complexity index is 1220. The van der Waals surface area contributed by atoms with Crippen LogP contribution in [0.3, 0.4) is 0 Å². The van der Waals surface area contributed by atoms with Crippen LogP contribution >= 0.6 is 0 Å². The molecule has 1 saturated carbocycles. The maximum Gasteiger partial charge on any atom is 0.230 e. The summed E-state index contributed by atoms with van der Waals surface area (Å²) in [7, 11) is 0. The van der Waals surface area contributed by atoms with Crippen molar-refractivity contribution in [2.24, 2.45) is 0 Å². The lowest BCUT2D eigenvalue weighted by molar-refractivity contribution is 0.0852. The van der Waals surface area contributed by atoms with E-state index in [9.17, 15) is 4.79 Å². The maximum atomic E-state index is 12.8. The maximum absolute atomic E-state index is 12.8. The van der Waals surface area contributed by atoms with E-state index < -0.39 is 0 Å². The Morgan fingerprint density at radius 2 is 1.77 bits per heavy atom. The Morgan fingerprint density at radius 3 is 2.49 bits per heavy atom. The lowest BCUT2D eigenvalue weighted by Gasteiger charge is -2.42. The average molecular weight is 474 g/mol. The number of pyridine rings is 1. The van der Waals surface area contributed by atoms with Crippen LogP contribution in [0.4, 0.5) is 17.5 Å². The third-order valence-electron chi connectivity index (χ3n) is 8.30. The second-order valence-electron chi connectivity index (χ2n) is 10.7. The summed E-state index contributed by atoms with van der Waals surface area (Å²) in [4.78, 5) is 31.8.